The van der Waals surface area contributed by atoms with Gasteiger partial charge in [-0.15, -0.1) is 0 Å². The largest absolute Gasteiger partial charge is 0.480 e. The van der Waals surface area contributed by atoms with Crippen LogP contribution < -0.4 is 16.2 Å². The second-order valence-electron chi connectivity index (χ2n) is 6.18. The van der Waals surface area contributed by atoms with E-state index < -0.39 is 24.4 Å². The van der Waals surface area contributed by atoms with Crippen molar-refractivity contribution in [2.75, 3.05) is 11.9 Å². The first-order valence-corrected chi connectivity index (χ1v) is 8.49. The average Bonchev–Trinajstić information content (AvgIpc) is 3.04. The van der Waals surface area contributed by atoms with E-state index in [0.29, 0.717) is 27.7 Å². The van der Waals surface area contributed by atoms with E-state index >= 15 is 0 Å². The predicted octanol–water partition coefficient (Wildman–Crippen LogP) is 2.21. The standard InChI is InChI=1S/C19H14FN5O4/c20-14-3-1-2-12-16-13(8-21-17(12)14)18(28)25(24-16)11-6-4-10(5-7-11)23-19(29)22-9-15(26)27/h1-8,24H,9H2,(H,26,27)(H2,22,23,29). The first kappa shape index (κ1) is 18.2. The maximum atomic E-state index is 14.0. The van der Waals surface area contributed by atoms with Gasteiger partial charge in [0.1, 0.15) is 17.9 Å². The summed E-state index contributed by atoms with van der Waals surface area (Å²) in [5.74, 6) is -1.63. The van der Waals surface area contributed by atoms with E-state index in [1.54, 1.807) is 36.4 Å². The normalized spacial score (nSPS) is 10.9. The Labute approximate surface area is 161 Å². The maximum Gasteiger partial charge on any atom is 0.323 e. The van der Waals surface area contributed by atoms with Crippen molar-refractivity contribution in [3.63, 3.8) is 0 Å². The number of hydrogen-bond acceptors (Lipinski definition) is 4. The molecular weight excluding hydrogens is 381 g/mol. The van der Waals surface area contributed by atoms with Crippen LogP contribution in [0.25, 0.3) is 27.5 Å². The number of carbonyl (C=O) groups is 2. The van der Waals surface area contributed by atoms with E-state index in [1.807, 2.05) is 0 Å². The third-order valence-electron chi connectivity index (χ3n) is 4.29. The lowest BCUT2D eigenvalue weighted by Gasteiger charge is -2.07. The highest BCUT2D eigenvalue weighted by atomic mass is 19.1. The number of benzene rings is 2. The summed E-state index contributed by atoms with van der Waals surface area (Å²) in [7, 11) is 0. The zero-order valence-corrected chi connectivity index (χ0v) is 14.8. The lowest BCUT2D eigenvalue weighted by Crippen LogP contribution is -2.33. The molecule has 0 aliphatic rings. The quantitative estimate of drug-likeness (QED) is 0.421. The SMILES string of the molecule is O=C(O)CNC(=O)Nc1ccc(-n2[nH]c3c(cnc4c(F)cccc43)c2=O)cc1. The molecule has 10 heteroatoms. The minimum Gasteiger partial charge on any atom is -0.480 e. The van der Waals surface area contributed by atoms with Crippen LogP contribution >= 0.6 is 0 Å². The molecule has 0 saturated heterocycles. The molecule has 4 rings (SSSR count). The number of nitrogens with one attached hydrogen (secondary N) is 3. The number of hydrogen-bond donors (Lipinski definition) is 4. The van der Waals surface area contributed by atoms with Gasteiger partial charge in [0, 0.05) is 17.3 Å². The number of aromatic nitrogens is 3. The number of aromatic amines is 1. The predicted molar refractivity (Wildman–Crippen MR) is 104 cm³/mol. The number of carbonyl (C=O) groups excluding carboxylic acids is 1. The highest BCUT2D eigenvalue weighted by molar-refractivity contribution is 6.02. The molecular formula is C19H14FN5O4. The number of para-hydroxylation sites is 1. The smallest absolute Gasteiger partial charge is 0.323 e. The lowest BCUT2D eigenvalue weighted by molar-refractivity contribution is -0.135. The third kappa shape index (κ3) is 3.38. The lowest BCUT2D eigenvalue weighted by atomic mass is 10.1. The van der Waals surface area contributed by atoms with Gasteiger partial charge in [0.2, 0.25) is 0 Å². The molecule has 2 heterocycles. The Morgan fingerprint density at radius 1 is 1.14 bits per heavy atom. The fourth-order valence-corrected chi connectivity index (χ4v) is 2.96. The summed E-state index contributed by atoms with van der Waals surface area (Å²) < 4.78 is 15.3. The molecule has 0 spiro atoms. The number of rotatable bonds is 4. The fraction of sp³-hybridized carbons (Fsp3) is 0.0526. The Morgan fingerprint density at radius 3 is 2.62 bits per heavy atom. The van der Waals surface area contributed by atoms with Crippen LogP contribution in [0.5, 0.6) is 0 Å². The molecule has 0 unspecified atom stereocenters. The number of amides is 2. The minimum atomic E-state index is -1.16. The summed E-state index contributed by atoms with van der Waals surface area (Å²) >= 11 is 0. The zero-order chi connectivity index (χ0) is 20.5. The van der Waals surface area contributed by atoms with Crippen LogP contribution in [0.3, 0.4) is 0 Å². The zero-order valence-electron chi connectivity index (χ0n) is 14.8. The van der Waals surface area contributed by atoms with E-state index in [1.165, 1.54) is 16.9 Å². The summed E-state index contributed by atoms with van der Waals surface area (Å²) in [6, 6.07) is 10.2. The molecule has 2 aromatic carbocycles. The van der Waals surface area contributed by atoms with Crippen molar-refractivity contribution in [1.29, 1.82) is 0 Å². The molecule has 0 aliphatic carbocycles. The monoisotopic (exact) mass is 395 g/mol. The van der Waals surface area contributed by atoms with Gasteiger partial charge in [-0.05, 0) is 30.3 Å². The molecule has 4 aromatic rings. The number of aliphatic carboxylic acids is 1. The van der Waals surface area contributed by atoms with E-state index in [4.69, 9.17) is 5.11 Å². The Bertz CT molecular complexity index is 1310. The number of nitrogens with zero attached hydrogens (tertiary/aromatic N) is 2. The molecule has 0 atom stereocenters. The van der Waals surface area contributed by atoms with Crippen LogP contribution in [0.15, 0.2) is 53.5 Å². The molecule has 29 heavy (non-hydrogen) atoms. The van der Waals surface area contributed by atoms with Crippen molar-refractivity contribution in [3.8, 4) is 5.69 Å². The van der Waals surface area contributed by atoms with Gasteiger partial charge in [0.25, 0.3) is 5.56 Å². The van der Waals surface area contributed by atoms with E-state index in [-0.39, 0.29) is 11.1 Å². The Balaban J connectivity index is 1.66. The average molecular weight is 395 g/mol. The van der Waals surface area contributed by atoms with E-state index in [9.17, 15) is 18.8 Å². The molecule has 9 nitrogen and oxygen atoms in total. The van der Waals surface area contributed by atoms with Crippen molar-refractivity contribution in [3.05, 3.63) is 64.8 Å². The van der Waals surface area contributed by atoms with Crippen molar-refractivity contribution in [2.45, 2.75) is 0 Å². The molecule has 2 amide bonds. The molecule has 0 bridgehead atoms. The van der Waals surface area contributed by atoms with Crippen molar-refractivity contribution in [1.82, 2.24) is 20.1 Å². The topological polar surface area (TPSA) is 129 Å². The Morgan fingerprint density at radius 2 is 1.90 bits per heavy atom. The van der Waals surface area contributed by atoms with Crippen LogP contribution in [0.2, 0.25) is 0 Å². The molecule has 0 aliphatic heterocycles. The van der Waals surface area contributed by atoms with Crippen molar-refractivity contribution >= 4 is 39.5 Å². The van der Waals surface area contributed by atoms with E-state index in [0.717, 1.165) is 0 Å². The number of carboxylic acids is 1. The molecule has 146 valence electrons. The second-order valence-corrected chi connectivity index (χ2v) is 6.18. The van der Waals surface area contributed by atoms with Crippen LogP contribution in [0, 0.1) is 5.82 Å². The summed E-state index contributed by atoms with van der Waals surface area (Å²) in [5.41, 5.74) is 1.19. The highest BCUT2D eigenvalue weighted by Crippen LogP contribution is 2.23. The van der Waals surface area contributed by atoms with Gasteiger partial charge in [0.05, 0.1) is 16.6 Å². The number of H-pyrrole nitrogens is 1. The van der Waals surface area contributed by atoms with Crippen LogP contribution in [0.4, 0.5) is 14.9 Å². The molecule has 2 aromatic heterocycles. The second kappa shape index (κ2) is 7.08. The Hall–Kier alpha value is -4.21. The third-order valence-corrected chi connectivity index (χ3v) is 4.29. The number of fused-ring (bicyclic) bond motifs is 3. The summed E-state index contributed by atoms with van der Waals surface area (Å²) in [5, 5.41) is 17.0. The van der Waals surface area contributed by atoms with Gasteiger partial charge in [-0.25, -0.2) is 13.9 Å². The number of urea groups is 1. The Kier molecular flexibility index (Phi) is 4.43. The van der Waals surface area contributed by atoms with Crippen LogP contribution in [-0.2, 0) is 4.79 Å². The number of halogens is 1. The van der Waals surface area contributed by atoms with Gasteiger partial charge >= 0.3 is 12.0 Å². The summed E-state index contributed by atoms with van der Waals surface area (Å²) in [6.45, 7) is -0.503. The minimum absolute atomic E-state index is 0.167. The van der Waals surface area contributed by atoms with Gasteiger partial charge in [-0.1, -0.05) is 12.1 Å². The maximum absolute atomic E-state index is 14.0. The molecule has 4 N–H and O–H groups in total. The van der Waals surface area contributed by atoms with Gasteiger partial charge in [0.15, 0.2) is 0 Å². The number of anilines is 1. The first-order chi connectivity index (χ1) is 13.9. The molecule has 0 fully saturated rings. The van der Waals surface area contributed by atoms with Gasteiger partial charge < -0.3 is 15.7 Å². The van der Waals surface area contributed by atoms with Gasteiger partial charge in [-0.3, -0.25) is 19.7 Å². The molecule has 0 radical (unpaired) electrons. The van der Waals surface area contributed by atoms with Crippen LogP contribution in [0.1, 0.15) is 0 Å². The highest BCUT2D eigenvalue weighted by Gasteiger charge is 2.14. The van der Waals surface area contributed by atoms with Gasteiger partial charge in [-0.2, -0.15) is 0 Å². The number of pyridine rings is 1. The molecule has 0 saturated carbocycles. The fourth-order valence-electron chi connectivity index (χ4n) is 2.96. The number of carboxylic acid groups (broad SMARTS) is 1. The summed E-state index contributed by atoms with van der Waals surface area (Å²) in [6.07, 6.45) is 1.33. The van der Waals surface area contributed by atoms with Crippen molar-refractivity contribution in [2.24, 2.45) is 0 Å². The summed E-state index contributed by atoms with van der Waals surface area (Å²) in [4.78, 5) is 38.9. The van der Waals surface area contributed by atoms with Crippen molar-refractivity contribution < 1.29 is 19.1 Å². The van der Waals surface area contributed by atoms with Crippen LogP contribution in [-0.4, -0.2) is 38.4 Å². The first-order valence-electron chi connectivity index (χ1n) is 8.49. The van der Waals surface area contributed by atoms with E-state index in [2.05, 4.69) is 20.7 Å².